The molecule has 0 bridgehead atoms. The van der Waals surface area contributed by atoms with Gasteiger partial charge in [-0.25, -0.2) is 4.79 Å². The maximum atomic E-state index is 13.0. The molecule has 0 fully saturated rings. The molecule has 110 valence electrons. The predicted octanol–water partition coefficient (Wildman–Crippen LogP) is 2.85. The highest BCUT2D eigenvalue weighted by atomic mass is 19.4. The normalized spacial score (nSPS) is 11.2. The quantitative estimate of drug-likeness (QED) is 0.867. The second kappa shape index (κ2) is 5.43. The van der Waals surface area contributed by atoms with Gasteiger partial charge in [0.15, 0.2) is 0 Å². The Balaban J connectivity index is 2.74. The van der Waals surface area contributed by atoms with Gasteiger partial charge in [0, 0.05) is 11.6 Å². The Labute approximate surface area is 117 Å². The second-order valence-electron chi connectivity index (χ2n) is 4.15. The van der Waals surface area contributed by atoms with Gasteiger partial charge >= 0.3 is 12.1 Å². The Morgan fingerprint density at radius 2 is 1.76 bits per heavy atom. The van der Waals surface area contributed by atoms with Gasteiger partial charge in [-0.2, -0.15) is 13.2 Å². The Hall–Kier alpha value is -2.57. The average Bonchev–Trinajstić information content (AvgIpc) is 2.45. The summed E-state index contributed by atoms with van der Waals surface area (Å²) in [5.41, 5.74) is -2.08. The van der Waals surface area contributed by atoms with Gasteiger partial charge in [0.1, 0.15) is 5.69 Å². The lowest BCUT2D eigenvalue weighted by molar-refractivity contribution is -0.137. The van der Waals surface area contributed by atoms with Crippen LogP contribution < -0.4 is 5.56 Å². The Morgan fingerprint density at radius 3 is 2.38 bits per heavy atom. The van der Waals surface area contributed by atoms with Crippen molar-refractivity contribution in [3.05, 3.63) is 58.0 Å². The molecule has 1 heterocycles. The van der Waals surface area contributed by atoms with Crippen molar-refractivity contribution in [2.24, 2.45) is 0 Å². The molecule has 4 nitrogen and oxygen atoms in total. The predicted molar refractivity (Wildman–Crippen MR) is 68.8 cm³/mol. The van der Waals surface area contributed by atoms with Gasteiger partial charge in [0.05, 0.1) is 12.7 Å². The fourth-order valence-electron chi connectivity index (χ4n) is 1.93. The molecule has 2 rings (SSSR count). The zero-order chi connectivity index (χ0) is 15.6. The number of pyridine rings is 1. The van der Waals surface area contributed by atoms with E-state index in [4.69, 9.17) is 0 Å². The van der Waals surface area contributed by atoms with E-state index in [0.717, 1.165) is 25.3 Å². The van der Waals surface area contributed by atoms with Crippen LogP contribution in [-0.4, -0.2) is 18.1 Å². The van der Waals surface area contributed by atoms with Gasteiger partial charge in [0.25, 0.3) is 0 Å². The summed E-state index contributed by atoms with van der Waals surface area (Å²) >= 11 is 0. The van der Waals surface area contributed by atoms with Crippen molar-refractivity contribution < 1.29 is 22.7 Å². The van der Waals surface area contributed by atoms with Crippen molar-refractivity contribution in [3.63, 3.8) is 0 Å². The van der Waals surface area contributed by atoms with Crippen LogP contribution in [0.1, 0.15) is 16.1 Å². The largest absolute Gasteiger partial charge is 0.464 e. The van der Waals surface area contributed by atoms with Crippen LogP contribution in [0.2, 0.25) is 0 Å². The van der Waals surface area contributed by atoms with Crippen LogP contribution in [0, 0.1) is 0 Å². The lowest BCUT2D eigenvalue weighted by Gasteiger charge is -2.14. The number of H-pyrrole nitrogens is 1. The van der Waals surface area contributed by atoms with Gasteiger partial charge in [-0.3, -0.25) is 4.79 Å². The fourth-order valence-corrected chi connectivity index (χ4v) is 1.93. The second-order valence-corrected chi connectivity index (χ2v) is 4.15. The number of methoxy groups -OCH3 is 1. The highest BCUT2D eigenvalue weighted by Gasteiger charge is 2.34. The number of carbonyl (C=O) groups is 1. The van der Waals surface area contributed by atoms with Gasteiger partial charge in [-0.15, -0.1) is 0 Å². The zero-order valence-corrected chi connectivity index (χ0v) is 10.8. The number of alkyl halides is 3. The number of benzene rings is 1. The van der Waals surface area contributed by atoms with E-state index in [1.807, 2.05) is 0 Å². The van der Waals surface area contributed by atoms with Gasteiger partial charge in [-0.1, -0.05) is 18.2 Å². The standard InChI is InChI=1S/C14H10F3NO3/c1-21-13(20)12-9(6-7-11(19)18-12)8-4-2-3-5-10(8)14(15,16)17/h2-7H,1H3,(H,18,19). The molecule has 2 aromatic rings. The van der Waals surface area contributed by atoms with Gasteiger partial charge in [0.2, 0.25) is 5.56 Å². The van der Waals surface area contributed by atoms with Crippen LogP contribution >= 0.6 is 0 Å². The smallest absolute Gasteiger partial charge is 0.417 e. The third-order valence-corrected chi connectivity index (χ3v) is 2.83. The third kappa shape index (κ3) is 2.96. The van der Waals surface area contributed by atoms with E-state index in [2.05, 4.69) is 9.72 Å². The summed E-state index contributed by atoms with van der Waals surface area (Å²) < 4.78 is 43.6. The lowest BCUT2D eigenvalue weighted by Crippen LogP contribution is -2.16. The number of nitrogens with one attached hydrogen (secondary N) is 1. The first kappa shape index (κ1) is 14.8. The molecule has 0 radical (unpaired) electrons. The topological polar surface area (TPSA) is 59.2 Å². The van der Waals surface area contributed by atoms with Crippen LogP contribution in [-0.2, 0) is 10.9 Å². The van der Waals surface area contributed by atoms with Crippen molar-refractivity contribution >= 4 is 5.97 Å². The van der Waals surface area contributed by atoms with E-state index in [0.29, 0.717) is 0 Å². The van der Waals surface area contributed by atoms with Crippen molar-refractivity contribution in [3.8, 4) is 11.1 Å². The molecule has 0 aliphatic rings. The maximum absolute atomic E-state index is 13.0. The van der Waals surface area contributed by atoms with Crippen LogP contribution in [0.15, 0.2) is 41.2 Å². The summed E-state index contributed by atoms with van der Waals surface area (Å²) in [7, 11) is 1.08. The number of halogens is 3. The van der Waals surface area contributed by atoms with Crippen LogP contribution in [0.4, 0.5) is 13.2 Å². The molecule has 0 unspecified atom stereocenters. The highest BCUT2D eigenvalue weighted by Crippen LogP contribution is 2.37. The molecule has 0 spiro atoms. The minimum Gasteiger partial charge on any atom is -0.464 e. The van der Waals surface area contributed by atoms with E-state index < -0.39 is 23.3 Å². The molecule has 0 saturated heterocycles. The molecule has 0 aliphatic heterocycles. The number of esters is 1. The zero-order valence-electron chi connectivity index (χ0n) is 10.8. The number of aromatic amines is 1. The monoisotopic (exact) mass is 297 g/mol. The van der Waals surface area contributed by atoms with Crippen molar-refractivity contribution in [2.45, 2.75) is 6.18 Å². The number of hydrogen-bond donors (Lipinski definition) is 1. The molecule has 21 heavy (non-hydrogen) atoms. The first-order valence-electron chi connectivity index (χ1n) is 5.83. The van der Waals surface area contributed by atoms with Crippen LogP contribution in [0.25, 0.3) is 11.1 Å². The first-order chi connectivity index (χ1) is 9.84. The molecule has 1 aromatic carbocycles. The number of rotatable bonds is 2. The maximum Gasteiger partial charge on any atom is 0.417 e. The minimum atomic E-state index is -4.58. The molecule has 1 aromatic heterocycles. The number of aromatic nitrogens is 1. The number of ether oxygens (including phenoxy) is 1. The van der Waals surface area contributed by atoms with Gasteiger partial charge in [-0.05, 0) is 17.7 Å². The third-order valence-electron chi connectivity index (χ3n) is 2.83. The molecule has 0 aliphatic carbocycles. The summed E-state index contributed by atoms with van der Waals surface area (Å²) in [6.45, 7) is 0. The molecule has 1 N–H and O–H groups in total. The molecular formula is C14H10F3NO3. The fraction of sp³-hybridized carbons (Fsp3) is 0.143. The summed E-state index contributed by atoms with van der Waals surface area (Å²) in [4.78, 5) is 25.1. The van der Waals surface area contributed by atoms with Crippen molar-refractivity contribution in [2.75, 3.05) is 7.11 Å². The van der Waals surface area contributed by atoms with Gasteiger partial charge < -0.3 is 9.72 Å². The first-order valence-corrected chi connectivity index (χ1v) is 5.83. The molecule has 0 atom stereocenters. The molecule has 0 saturated carbocycles. The Kier molecular flexibility index (Phi) is 3.84. The van der Waals surface area contributed by atoms with Crippen molar-refractivity contribution in [1.29, 1.82) is 0 Å². The minimum absolute atomic E-state index is 0.0469. The van der Waals surface area contributed by atoms with E-state index in [-0.39, 0.29) is 16.8 Å². The molecular weight excluding hydrogens is 287 g/mol. The van der Waals surface area contributed by atoms with E-state index in [9.17, 15) is 22.8 Å². The van der Waals surface area contributed by atoms with Crippen molar-refractivity contribution in [1.82, 2.24) is 4.98 Å². The summed E-state index contributed by atoms with van der Waals surface area (Å²) in [5, 5.41) is 0. The van der Waals surface area contributed by atoms with E-state index in [1.165, 1.54) is 18.2 Å². The molecule has 7 heteroatoms. The average molecular weight is 297 g/mol. The highest BCUT2D eigenvalue weighted by molar-refractivity contribution is 5.95. The summed E-state index contributed by atoms with van der Waals surface area (Å²) in [6, 6.07) is 7.00. The SMILES string of the molecule is COC(=O)c1[nH]c(=O)ccc1-c1ccccc1C(F)(F)F. The number of hydrogen-bond acceptors (Lipinski definition) is 3. The summed E-state index contributed by atoms with van der Waals surface area (Å²) in [5.74, 6) is -0.917. The summed E-state index contributed by atoms with van der Waals surface area (Å²) in [6.07, 6.45) is -4.58. The van der Waals surface area contributed by atoms with E-state index in [1.54, 1.807) is 0 Å². The molecule has 0 amide bonds. The van der Waals surface area contributed by atoms with E-state index >= 15 is 0 Å². The Morgan fingerprint density at radius 1 is 1.10 bits per heavy atom. The Bertz CT molecular complexity index is 735. The van der Waals surface area contributed by atoms with Crippen LogP contribution in [0.3, 0.4) is 0 Å². The number of carbonyl (C=O) groups excluding carboxylic acids is 1. The van der Waals surface area contributed by atoms with Crippen LogP contribution in [0.5, 0.6) is 0 Å². The lowest BCUT2D eigenvalue weighted by atomic mass is 9.98.